The molecule has 1 amide bonds. The maximum atomic E-state index is 13.6. The van der Waals surface area contributed by atoms with Crippen molar-refractivity contribution in [2.75, 3.05) is 18.9 Å². The maximum Gasteiger partial charge on any atom is 0.225 e. The van der Waals surface area contributed by atoms with Gasteiger partial charge in [-0.3, -0.25) is 4.79 Å². The molecule has 0 aromatic heterocycles. The molecule has 0 unspecified atom stereocenters. The molecule has 1 N–H and O–H groups in total. The largest absolute Gasteiger partial charge is 0.324 e. The molecular weight excluding hydrogens is 327 g/mol. The Hall–Kier alpha value is -2.20. The number of para-hydroxylation sites is 1. The number of amides is 1. The average Bonchev–Trinajstić information content (AvgIpc) is 2.69. The molecule has 26 heavy (non-hydrogen) atoms. The lowest BCUT2D eigenvalue weighted by Gasteiger charge is -2.34. The molecule has 0 atom stereocenters. The molecule has 0 bridgehead atoms. The molecule has 1 aliphatic rings. The molecule has 4 heteroatoms. The molecule has 0 spiro atoms. The van der Waals surface area contributed by atoms with Crippen molar-refractivity contribution in [1.82, 2.24) is 4.90 Å². The van der Waals surface area contributed by atoms with E-state index in [-0.39, 0.29) is 11.6 Å². The van der Waals surface area contributed by atoms with Gasteiger partial charge in [0.2, 0.25) is 5.91 Å². The zero-order valence-electron chi connectivity index (χ0n) is 15.3. The molecule has 1 fully saturated rings. The van der Waals surface area contributed by atoms with Crippen LogP contribution in [0.2, 0.25) is 0 Å². The van der Waals surface area contributed by atoms with Gasteiger partial charge < -0.3 is 10.2 Å². The predicted octanol–water partition coefficient (Wildman–Crippen LogP) is 4.81. The molecule has 0 heterocycles. The summed E-state index contributed by atoms with van der Waals surface area (Å²) in [5.41, 5.74) is 1.70. The first-order valence-electron chi connectivity index (χ1n) is 9.43. The average molecular weight is 354 g/mol. The van der Waals surface area contributed by atoms with Gasteiger partial charge in [-0.15, -0.1) is 0 Å². The fraction of sp³-hybridized carbons (Fsp3) is 0.409. The van der Waals surface area contributed by atoms with E-state index in [1.54, 1.807) is 18.2 Å². The lowest BCUT2D eigenvalue weighted by atomic mass is 9.81. The summed E-state index contributed by atoms with van der Waals surface area (Å²) >= 11 is 0. The number of halogens is 1. The highest BCUT2D eigenvalue weighted by atomic mass is 19.1. The van der Waals surface area contributed by atoms with Crippen LogP contribution in [0.5, 0.6) is 0 Å². The predicted molar refractivity (Wildman–Crippen MR) is 104 cm³/mol. The zero-order valence-corrected chi connectivity index (χ0v) is 15.3. The third-order valence-corrected chi connectivity index (χ3v) is 5.43. The summed E-state index contributed by atoms with van der Waals surface area (Å²) in [6, 6.07) is 17.5. The molecule has 2 aromatic rings. The van der Waals surface area contributed by atoms with E-state index < -0.39 is 5.82 Å². The van der Waals surface area contributed by atoms with Crippen molar-refractivity contribution < 1.29 is 9.18 Å². The molecule has 2 aromatic carbocycles. The van der Waals surface area contributed by atoms with E-state index in [4.69, 9.17) is 0 Å². The van der Waals surface area contributed by atoms with Crippen molar-refractivity contribution in [3.05, 3.63) is 66.0 Å². The van der Waals surface area contributed by atoms with Gasteiger partial charge in [-0.1, -0.05) is 42.5 Å². The van der Waals surface area contributed by atoms with Gasteiger partial charge >= 0.3 is 0 Å². The molecule has 138 valence electrons. The first kappa shape index (κ1) is 18.6. The second-order valence-corrected chi connectivity index (χ2v) is 7.17. The highest BCUT2D eigenvalue weighted by molar-refractivity contribution is 5.90. The first-order chi connectivity index (χ1) is 12.6. The van der Waals surface area contributed by atoms with Gasteiger partial charge in [0.15, 0.2) is 0 Å². The molecule has 3 rings (SSSR count). The van der Waals surface area contributed by atoms with Gasteiger partial charge in [0.1, 0.15) is 5.82 Å². The van der Waals surface area contributed by atoms with Gasteiger partial charge in [0.25, 0.3) is 0 Å². The van der Waals surface area contributed by atoms with Crippen molar-refractivity contribution in [3.63, 3.8) is 0 Å². The van der Waals surface area contributed by atoms with Crippen LogP contribution in [0.1, 0.15) is 43.6 Å². The van der Waals surface area contributed by atoms with E-state index in [9.17, 15) is 9.18 Å². The minimum atomic E-state index is -0.395. The number of nitrogens with zero attached hydrogens (tertiary/aromatic N) is 1. The molecule has 3 nitrogen and oxygen atoms in total. The topological polar surface area (TPSA) is 32.3 Å². The normalized spacial score (nSPS) is 20.1. The molecule has 1 aliphatic carbocycles. The van der Waals surface area contributed by atoms with Crippen LogP contribution in [-0.4, -0.2) is 30.4 Å². The Morgan fingerprint density at radius 1 is 1.04 bits per heavy atom. The van der Waals surface area contributed by atoms with Crippen LogP contribution in [0.3, 0.4) is 0 Å². The van der Waals surface area contributed by atoms with Gasteiger partial charge in [-0.05, 0) is 56.3 Å². The number of nitrogens with one attached hydrogen (secondary N) is 1. The third-order valence-electron chi connectivity index (χ3n) is 5.43. The number of carbonyl (C=O) groups excluding carboxylic acids is 1. The number of anilines is 1. The highest BCUT2D eigenvalue weighted by Gasteiger charge is 2.25. The number of hydrogen-bond donors (Lipinski definition) is 1. The lowest BCUT2D eigenvalue weighted by Crippen LogP contribution is -2.36. The smallest absolute Gasteiger partial charge is 0.225 e. The van der Waals surface area contributed by atoms with Gasteiger partial charge in [0, 0.05) is 19.0 Å². The molecule has 1 saturated carbocycles. The summed E-state index contributed by atoms with van der Waals surface area (Å²) in [4.78, 5) is 14.4. The van der Waals surface area contributed by atoms with Crippen molar-refractivity contribution in [2.24, 2.45) is 0 Å². The van der Waals surface area contributed by atoms with Crippen molar-refractivity contribution >= 4 is 11.6 Å². The molecule has 0 saturated heterocycles. The summed E-state index contributed by atoms with van der Waals surface area (Å²) in [7, 11) is 2.09. The Balaban J connectivity index is 1.42. The SMILES string of the molecule is CN(CCC(=O)Nc1ccccc1F)C1CCC(c2ccccc2)CC1. The summed E-state index contributed by atoms with van der Waals surface area (Å²) in [5.74, 6) is 0.124. The first-order valence-corrected chi connectivity index (χ1v) is 9.43. The van der Waals surface area contributed by atoms with Crippen LogP contribution in [0.4, 0.5) is 10.1 Å². The van der Waals surface area contributed by atoms with Gasteiger partial charge in [-0.2, -0.15) is 0 Å². The molecular formula is C22H27FN2O. The van der Waals surface area contributed by atoms with Crippen LogP contribution in [0.25, 0.3) is 0 Å². The standard InChI is InChI=1S/C22H27FN2O/c1-25(16-15-22(26)24-21-10-6-5-9-20(21)23)19-13-11-18(12-14-19)17-7-3-2-4-8-17/h2-10,18-19H,11-16H2,1H3,(H,24,26). The monoisotopic (exact) mass is 354 g/mol. The Labute approximate surface area is 155 Å². The van der Waals surface area contributed by atoms with E-state index >= 15 is 0 Å². The van der Waals surface area contributed by atoms with Crippen LogP contribution in [0, 0.1) is 5.82 Å². The van der Waals surface area contributed by atoms with E-state index in [1.165, 1.54) is 24.5 Å². The number of rotatable bonds is 6. The number of benzene rings is 2. The van der Waals surface area contributed by atoms with Crippen LogP contribution in [-0.2, 0) is 4.79 Å². The summed E-state index contributed by atoms with van der Waals surface area (Å²) in [6.45, 7) is 0.695. The fourth-order valence-electron chi connectivity index (χ4n) is 3.81. The molecule has 0 aliphatic heterocycles. The number of carbonyl (C=O) groups is 1. The Morgan fingerprint density at radius 2 is 1.69 bits per heavy atom. The zero-order chi connectivity index (χ0) is 18.4. The summed E-state index contributed by atoms with van der Waals surface area (Å²) in [6.07, 6.45) is 5.08. The Bertz CT molecular complexity index is 711. The maximum absolute atomic E-state index is 13.6. The van der Waals surface area contributed by atoms with E-state index in [2.05, 4.69) is 47.6 Å². The second kappa shape index (κ2) is 8.95. The highest BCUT2D eigenvalue weighted by Crippen LogP contribution is 2.34. The van der Waals surface area contributed by atoms with Crippen LogP contribution < -0.4 is 5.32 Å². The third kappa shape index (κ3) is 4.92. The fourth-order valence-corrected chi connectivity index (χ4v) is 3.81. The Morgan fingerprint density at radius 3 is 2.38 bits per heavy atom. The van der Waals surface area contributed by atoms with Crippen LogP contribution >= 0.6 is 0 Å². The van der Waals surface area contributed by atoms with E-state index in [0.29, 0.717) is 24.9 Å². The van der Waals surface area contributed by atoms with E-state index in [0.717, 1.165) is 12.8 Å². The molecule has 0 radical (unpaired) electrons. The minimum absolute atomic E-state index is 0.139. The van der Waals surface area contributed by atoms with Crippen molar-refractivity contribution in [2.45, 2.75) is 44.1 Å². The number of hydrogen-bond acceptors (Lipinski definition) is 2. The van der Waals surface area contributed by atoms with Crippen molar-refractivity contribution in [3.8, 4) is 0 Å². The van der Waals surface area contributed by atoms with Gasteiger partial charge in [-0.25, -0.2) is 4.39 Å². The minimum Gasteiger partial charge on any atom is -0.324 e. The second-order valence-electron chi connectivity index (χ2n) is 7.17. The summed E-state index contributed by atoms with van der Waals surface area (Å²) in [5, 5.41) is 2.66. The van der Waals surface area contributed by atoms with Crippen molar-refractivity contribution in [1.29, 1.82) is 0 Å². The quantitative estimate of drug-likeness (QED) is 0.807. The Kier molecular flexibility index (Phi) is 6.40. The van der Waals surface area contributed by atoms with Gasteiger partial charge in [0.05, 0.1) is 5.69 Å². The lowest BCUT2D eigenvalue weighted by molar-refractivity contribution is -0.116. The summed E-state index contributed by atoms with van der Waals surface area (Å²) < 4.78 is 13.6. The van der Waals surface area contributed by atoms with Crippen LogP contribution in [0.15, 0.2) is 54.6 Å². The van der Waals surface area contributed by atoms with E-state index in [1.807, 2.05) is 0 Å².